The Morgan fingerprint density at radius 1 is 1.35 bits per heavy atom. The van der Waals surface area contributed by atoms with E-state index < -0.39 is 0 Å². The van der Waals surface area contributed by atoms with Gasteiger partial charge >= 0.3 is 0 Å². The molecule has 6 nitrogen and oxygen atoms in total. The van der Waals surface area contributed by atoms with Crippen molar-refractivity contribution in [2.45, 2.75) is 43.3 Å². The number of nitrogens with zero attached hydrogens (tertiary/aromatic N) is 4. The van der Waals surface area contributed by atoms with Gasteiger partial charge in [-0.25, -0.2) is 15.0 Å². The van der Waals surface area contributed by atoms with Crippen LogP contribution < -0.4 is 5.73 Å². The van der Waals surface area contributed by atoms with Crippen LogP contribution in [0.4, 0.5) is 5.82 Å². The molecule has 7 heteroatoms. The van der Waals surface area contributed by atoms with Gasteiger partial charge in [0.15, 0.2) is 22.1 Å². The maximum absolute atomic E-state index is 9.73. The highest BCUT2D eigenvalue weighted by atomic mass is 32.2. The molecule has 0 fully saturated rings. The Morgan fingerprint density at radius 2 is 2.15 bits per heavy atom. The van der Waals surface area contributed by atoms with E-state index in [2.05, 4.69) is 39.3 Å². The summed E-state index contributed by atoms with van der Waals surface area (Å²) in [6.07, 6.45) is 8.49. The van der Waals surface area contributed by atoms with Gasteiger partial charge < -0.3 is 15.4 Å². The predicted octanol–water partition coefficient (Wildman–Crippen LogP) is 3.70. The summed E-state index contributed by atoms with van der Waals surface area (Å²) in [6, 6.07) is 7.06. The van der Waals surface area contributed by atoms with Crippen molar-refractivity contribution >= 4 is 28.7 Å². The molecule has 0 amide bonds. The van der Waals surface area contributed by atoms with Crippen molar-refractivity contribution in [1.82, 2.24) is 19.5 Å². The molecule has 0 spiro atoms. The molecule has 26 heavy (non-hydrogen) atoms. The second-order valence-electron chi connectivity index (χ2n) is 6.88. The first kappa shape index (κ1) is 18.1. The van der Waals surface area contributed by atoms with Gasteiger partial charge in [-0.1, -0.05) is 31.7 Å². The molecule has 0 atom stereocenters. The van der Waals surface area contributed by atoms with Crippen LogP contribution in [0, 0.1) is 17.8 Å². The lowest BCUT2D eigenvalue weighted by molar-refractivity contribution is 0.280. The van der Waals surface area contributed by atoms with Gasteiger partial charge in [0, 0.05) is 17.9 Å². The molecule has 134 valence electrons. The lowest BCUT2D eigenvalue weighted by Gasteiger charge is -2.25. The Labute approximate surface area is 156 Å². The number of hydrogen-bond donors (Lipinski definition) is 2. The third-order valence-corrected chi connectivity index (χ3v) is 5.07. The quantitative estimate of drug-likeness (QED) is 0.646. The van der Waals surface area contributed by atoms with E-state index in [1.807, 2.05) is 6.07 Å². The van der Waals surface area contributed by atoms with Crippen molar-refractivity contribution in [3.8, 4) is 18.1 Å². The van der Waals surface area contributed by atoms with Gasteiger partial charge in [0.2, 0.25) is 0 Å². The molecule has 3 aromatic rings. The first-order valence-electron chi connectivity index (χ1n) is 8.27. The topological polar surface area (TPSA) is 89.8 Å². The zero-order valence-corrected chi connectivity index (χ0v) is 15.6. The molecule has 0 saturated heterocycles. The van der Waals surface area contributed by atoms with Gasteiger partial charge in [-0.05, 0) is 30.0 Å². The molecule has 0 aliphatic heterocycles. The second-order valence-corrected chi connectivity index (χ2v) is 7.92. The third kappa shape index (κ3) is 3.92. The summed E-state index contributed by atoms with van der Waals surface area (Å²) in [5, 5.41) is 10.5. The molecule has 3 rings (SSSR count). The lowest BCUT2D eigenvalue weighted by atomic mass is 9.88. The van der Waals surface area contributed by atoms with Crippen LogP contribution in [0.2, 0.25) is 0 Å². The van der Waals surface area contributed by atoms with Crippen LogP contribution in [0.15, 0.2) is 40.6 Å². The number of anilines is 1. The van der Waals surface area contributed by atoms with Crippen LogP contribution in [0.1, 0.15) is 26.7 Å². The zero-order chi connectivity index (χ0) is 18.7. The number of phenols is 1. The van der Waals surface area contributed by atoms with Gasteiger partial charge in [0.1, 0.15) is 12.1 Å². The standard InChI is InChI=1S/C19H21N5OS/c1-4-5-9-19(2,3)11-24-17-15(16(20)21-12-22-17)23-18(24)26-14-8-6-7-13(25)10-14/h1,6-8,10,12,25H,5,9,11H2,2-3H3,(H2,20,21,22). The summed E-state index contributed by atoms with van der Waals surface area (Å²) in [5.74, 6) is 3.28. The summed E-state index contributed by atoms with van der Waals surface area (Å²) < 4.78 is 2.05. The summed E-state index contributed by atoms with van der Waals surface area (Å²) in [6.45, 7) is 5.04. The molecular formula is C19H21N5OS. The van der Waals surface area contributed by atoms with Gasteiger partial charge in [0.05, 0.1) is 0 Å². The van der Waals surface area contributed by atoms with Crippen molar-refractivity contribution in [3.05, 3.63) is 30.6 Å². The first-order valence-corrected chi connectivity index (χ1v) is 9.08. The fourth-order valence-electron chi connectivity index (χ4n) is 2.72. The summed E-state index contributed by atoms with van der Waals surface area (Å²) in [4.78, 5) is 14.0. The SMILES string of the molecule is C#CCCC(C)(C)Cn1c(Sc2cccc(O)c2)nc2c(N)ncnc21. The molecule has 3 N–H and O–H groups in total. The van der Waals surface area contributed by atoms with E-state index in [4.69, 9.17) is 12.2 Å². The van der Waals surface area contributed by atoms with Crippen molar-refractivity contribution in [2.75, 3.05) is 5.73 Å². The third-order valence-electron chi connectivity index (χ3n) is 4.08. The average Bonchev–Trinajstić information content (AvgIpc) is 2.92. The van der Waals surface area contributed by atoms with Crippen LogP contribution >= 0.6 is 11.8 Å². The summed E-state index contributed by atoms with van der Waals surface area (Å²) >= 11 is 1.46. The highest BCUT2D eigenvalue weighted by Gasteiger charge is 2.23. The monoisotopic (exact) mass is 367 g/mol. The Morgan fingerprint density at radius 3 is 2.88 bits per heavy atom. The minimum Gasteiger partial charge on any atom is -0.508 e. The Kier molecular flexibility index (Phi) is 5.05. The normalized spacial score (nSPS) is 11.6. The smallest absolute Gasteiger partial charge is 0.175 e. The lowest BCUT2D eigenvalue weighted by Crippen LogP contribution is -2.20. The van der Waals surface area contributed by atoms with Crippen LogP contribution in [0.3, 0.4) is 0 Å². The number of phenolic OH excluding ortho intramolecular Hbond substituents is 1. The van der Waals surface area contributed by atoms with Crippen LogP contribution in [0.5, 0.6) is 5.75 Å². The van der Waals surface area contributed by atoms with Crippen molar-refractivity contribution < 1.29 is 5.11 Å². The zero-order valence-electron chi connectivity index (χ0n) is 14.8. The van der Waals surface area contributed by atoms with Crippen LogP contribution in [-0.2, 0) is 6.54 Å². The van der Waals surface area contributed by atoms with E-state index in [9.17, 15) is 5.11 Å². The van der Waals surface area contributed by atoms with E-state index >= 15 is 0 Å². The van der Waals surface area contributed by atoms with E-state index in [0.717, 1.165) is 16.5 Å². The summed E-state index contributed by atoms with van der Waals surface area (Å²) in [5.41, 5.74) is 7.25. The van der Waals surface area contributed by atoms with Crippen LogP contribution in [-0.4, -0.2) is 24.6 Å². The molecular weight excluding hydrogens is 346 g/mol. The number of terminal acetylenes is 1. The molecule has 0 aliphatic carbocycles. The Bertz CT molecular complexity index is 974. The minimum absolute atomic E-state index is 0.0339. The second kappa shape index (κ2) is 7.26. The average molecular weight is 367 g/mol. The van der Waals surface area contributed by atoms with Gasteiger partial charge in [-0.3, -0.25) is 0 Å². The minimum atomic E-state index is -0.0339. The van der Waals surface area contributed by atoms with Gasteiger partial charge in [0.25, 0.3) is 0 Å². The van der Waals surface area contributed by atoms with Crippen molar-refractivity contribution in [1.29, 1.82) is 0 Å². The number of aromatic nitrogens is 4. The number of benzene rings is 1. The fraction of sp³-hybridized carbons (Fsp3) is 0.316. The molecule has 2 heterocycles. The Balaban J connectivity index is 2.04. The van der Waals surface area contributed by atoms with E-state index in [0.29, 0.717) is 29.9 Å². The molecule has 0 unspecified atom stereocenters. The Hall–Kier alpha value is -2.72. The molecule has 1 aromatic carbocycles. The number of imidazole rings is 1. The number of nitrogen functional groups attached to an aromatic ring is 1. The predicted molar refractivity (Wildman–Crippen MR) is 104 cm³/mol. The van der Waals surface area contributed by atoms with E-state index in [1.54, 1.807) is 18.2 Å². The highest BCUT2D eigenvalue weighted by molar-refractivity contribution is 7.99. The molecule has 0 saturated carbocycles. The summed E-state index contributed by atoms with van der Waals surface area (Å²) in [7, 11) is 0. The molecule has 2 aromatic heterocycles. The molecule has 0 radical (unpaired) electrons. The number of fused-ring (bicyclic) bond motifs is 1. The number of rotatable bonds is 6. The maximum Gasteiger partial charge on any atom is 0.175 e. The van der Waals surface area contributed by atoms with E-state index in [-0.39, 0.29) is 11.2 Å². The van der Waals surface area contributed by atoms with Gasteiger partial charge in [-0.2, -0.15) is 0 Å². The number of hydrogen-bond acceptors (Lipinski definition) is 6. The van der Waals surface area contributed by atoms with Crippen molar-refractivity contribution in [2.24, 2.45) is 5.41 Å². The number of nitrogens with two attached hydrogens (primary N) is 1. The molecule has 0 bridgehead atoms. The fourth-order valence-corrected chi connectivity index (χ4v) is 3.66. The number of aromatic hydroxyl groups is 1. The van der Waals surface area contributed by atoms with Crippen molar-refractivity contribution in [3.63, 3.8) is 0 Å². The van der Waals surface area contributed by atoms with E-state index in [1.165, 1.54) is 18.1 Å². The highest BCUT2D eigenvalue weighted by Crippen LogP contribution is 2.35. The largest absolute Gasteiger partial charge is 0.508 e. The van der Waals surface area contributed by atoms with Crippen LogP contribution in [0.25, 0.3) is 11.2 Å². The molecule has 0 aliphatic rings. The maximum atomic E-state index is 9.73. The van der Waals surface area contributed by atoms with Gasteiger partial charge in [-0.15, -0.1) is 12.3 Å². The first-order chi connectivity index (χ1) is 12.4.